The first-order valence-corrected chi connectivity index (χ1v) is 3.46. The van der Waals surface area contributed by atoms with Gasteiger partial charge in [-0.2, -0.15) is 12.6 Å². The van der Waals surface area contributed by atoms with E-state index in [-0.39, 0.29) is 0 Å². The Balaban J connectivity index is 2.93. The van der Waals surface area contributed by atoms with E-state index in [1.54, 1.807) is 6.92 Å². The second-order valence-corrected chi connectivity index (χ2v) is 3.09. The summed E-state index contributed by atoms with van der Waals surface area (Å²) in [5.74, 6) is 0. The van der Waals surface area contributed by atoms with E-state index in [0.29, 0.717) is 11.7 Å². The van der Waals surface area contributed by atoms with Crippen molar-refractivity contribution in [2.24, 2.45) is 0 Å². The highest BCUT2D eigenvalue weighted by Gasteiger charge is 1.99. The van der Waals surface area contributed by atoms with Gasteiger partial charge in [0.1, 0.15) is 0 Å². The fraction of sp³-hybridized carbons (Fsp3) is 1.00. The molecule has 0 aliphatic carbocycles. The summed E-state index contributed by atoms with van der Waals surface area (Å²) in [7, 11) is 0. The number of halogens is 1. The first-order valence-electron chi connectivity index (χ1n) is 2.95. The summed E-state index contributed by atoms with van der Waals surface area (Å²) in [4.78, 5) is 0. The third-order valence-corrected chi connectivity index (χ3v) is 1.24. The quantitative estimate of drug-likeness (QED) is 0.566. The molecule has 2 heteroatoms. The van der Waals surface area contributed by atoms with E-state index in [9.17, 15) is 4.39 Å². The fourth-order valence-electron chi connectivity index (χ4n) is 0.471. The SMILES string of the molecule is CC(F)CCC(C)S. The minimum Gasteiger partial charge on any atom is -0.248 e. The fourth-order valence-corrected chi connectivity index (χ4v) is 0.620. The Bertz CT molecular complexity index is 44.5. The van der Waals surface area contributed by atoms with E-state index in [1.165, 1.54) is 0 Å². The Morgan fingerprint density at radius 2 is 1.88 bits per heavy atom. The molecule has 0 saturated heterocycles. The zero-order chi connectivity index (χ0) is 6.57. The van der Waals surface area contributed by atoms with E-state index in [1.807, 2.05) is 6.92 Å². The monoisotopic (exact) mass is 136 g/mol. The zero-order valence-corrected chi connectivity index (χ0v) is 6.29. The maximum absolute atomic E-state index is 12.0. The molecule has 0 spiro atoms. The molecule has 0 heterocycles. The second kappa shape index (κ2) is 4.19. The van der Waals surface area contributed by atoms with Crippen molar-refractivity contribution < 1.29 is 4.39 Å². The Kier molecular flexibility index (Phi) is 4.33. The summed E-state index contributed by atoms with van der Waals surface area (Å²) in [6.07, 6.45) is 0.857. The topological polar surface area (TPSA) is 0 Å². The largest absolute Gasteiger partial charge is 0.248 e. The Hall–Kier alpha value is 0.280. The average molecular weight is 136 g/mol. The first kappa shape index (κ1) is 8.28. The normalized spacial score (nSPS) is 18.0. The van der Waals surface area contributed by atoms with Crippen LogP contribution in [0.3, 0.4) is 0 Å². The summed E-state index contributed by atoms with van der Waals surface area (Å²) in [5.41, 5.74) is 0. The van der Waals surface area contributed by atoms with Crippen molar-refractivity contribution in [3.63, 3.8) is 0 Å². The zero-order valence-electron chi connectivity index (χ0n) is 5.39. The third-order valence-electron chi connectivity index (χ3n) is 0.982. The first-order chi connectivity index (χ1) is 3.63. The summed E-state index contributed by atoms with van der Waals surface area (Å²) >= 11 is 4.11. The smallest absolute Gasteiger partial charge is 0.0974 e. The predicted octanol–water partition coefficient (Wildman–Crippen LogP) is 2.44. The molecule has 0 aliphatic rings. The standard InChI is InChI=1S/C6H13FS/c1-5(7)3-4-6(2)8/h5-6,8H,3-4H2,1-2H3. The van der Waals surface area contributed by atoms with Crippen molar-refractivity contribution in [1.29, 1.82) is 0 Å². The van der Waals surface area contributed by atoms with Crippen molar-refractivity contribution in [2.75, 3.05) is 0 Å². The second-order valence-electron chi connectivity index (χ2n) is 2.21. The molecule has 0 rings (SSSR count). The van der Waals surface area contributed by atoms with Crippen LogP contribution >= 0.6 is 12.6 Å². The lowest BCUT2D eigenvalue weighted by molar-refractivity contribution is 0.334. The highest BCUT2D eigenvalue weighted by Crippen LogP contribution is 2.07. The minimum absolute atomic E-state index is 0.341. The van der Waals surface area contributed by atoms with Crippen molar-refractivity contribution in [1.82, 2.24) is 0 Å². The molecule has 50 valence electrons. The van der Waals surface area contributed by atoms with E-state index in [4.69, 9.17) is 0 Å². The molecule has 0 amide bonds. The molecule has 0 aromatic rings. The minimum atomic E-state index is -0.662. The van der Waals surface area contributed by atoms with Crippen LogP contribution in [0.5, 0.6) is 0 Å². The van der Waals surface area contributed by atoms with Gasteiger partial charge in [0.15, 0.2) is 0 Å². The molecule has 0 aromatic carbocycles. The molecule has 0 N–H and O–H groups in total. The van der Waals surface area contributed by atoms with Crippen LogP contribution in [0.15, 0.2) is 0 Å². The van der Waals surface area contributed by atoms with Crippen molar-refractivity contribution in [3.8, 4) is 0 Å². The lowest BCUT2D eigenvalue weighted by Crippen LogP contribution is -1.97. The van der Waals surface area contributed by atoms with Gasteiger partial charge in [-0.05, 0) is 25.0 Å². The predicted molar refractivity (Wildman–Crippen MR) is 38.3 cm³/mol. The average Bonchev–Trinajstić information content (AvgIpc) is 1.61. The highest BCUT2D eigenvalue weighted by molar-refractivity contribution is 7.80. The van der Waals surface area contributed by atoms with Crippen LogP contribution < -0.4 is 0 Å². The third kappa shape index (κ3) is 6.28. The number of alkyl halides is 1. The molecular weight excluding hydrogens is 123 g/mol. The van der Waals surface area contributed by atoms with Crippen LogP contribution in [0.2, 0.25) is 0 Å². The van der Waals surface area contributed by atoms with Gasteiger partial charge in [-0.1, -0.05) is 6.92 Å². The summed E-state index contributed by atoms with van der Waals surface area (Å²) in [6.45, 7) is 3.56. The molecule has 0 aliphatic heterocycles. The number of rotatable bonds is 3. The van der Waals surface area contributed by atoms with Gasteiger partial charge in [0.2, 0.25) is 0 Å². The summed E-state index contributed by atoms with van der Waals surface area (Å²) < 4.78 is 12.0. The lowest BCUT2D eigenvalue weighted by atomic mass is 10.2. The van der Waals surface area contributed by atoms with E-state index >= 15 is 0 Å². The van der Waals surface area contributed by atoms with Crippen molar-refractivity contribution in [3.05, 3.63) is 0 Å². The molecule has 0 bridgehead atoms. The van der Waals surface area contributed by atoms with Gasteiger partial charge in [-0.25, -0.2) is 4.39 Å². The summed E-state index contributed by atoms with van der Waals surface area (Å²) in [6, 6.07) is 0. The molecule has 8 heavy (non-hydrogen) atoms. The van der Waals surface area contributed by atoms with Gasteiger partial charge in [0.25, 0.3) is 0 Å². The van der Waals surface area contributed by atoms with Crippen molar-refractivity contribution in [2.45, 2.75) is 38.1 Å². The number of hydrogen-bond acceptors (Lipinski definition) is 1. The lowest BCUT2D eigenvalue weighted by Gasteiger charge is -2.02. The van der Waals surface area contributed by atoms with E-state index < -0.39 is 6.17 Å². The molecule has 2 atom stereocenters. The van der Waals surface area contributed by atoms with Gasteiger partial charge < -0.3 is 0 Å². The van der Waals surface area contributed by atoms with Crippen LogP contribution in [-0.4, -0.2) is 11.4 Å². The van der Waals surface area contributed by atoms with Crippen molar-refractivity contribution >= 4 is 12.6 Å². The number of hydrogen-bond donors (Lipinski definition) is 1. The highest BCUT2D eigenvalue weighted by atomic mass is 32.1. The van der Waals surface area contributed by atoms with Gasteiger partial charge in [0, 0.05) is 0 Å². The van der Waals surface area contributed by atoms with Crippen LogP contribution in [0.1, 0.15) is 26.7 Å². The van der Waals surface area contributed by atoms with E-state index in [0.717, 1.165) is 6.42 Å². The molecule has 2 unspecified atom stereocenters. The van der Waals surface area contributed by atoms with Crippen LogP contribution in [0, 0.1) is 0 Å². The van der Waals surface area contributed by atoms with E-state index in [2.05, 4.69) is 12.6 Å². The Morgan fingerprint density at radius 1 is 1.38 bits per heavy atom. The van der Waals surface area contributed by atoms with Gasteiger partial charge in [-0.3, -0.25) is 0 Å². The van der Waals surface area contributed by atoms with Gasteiger partial charge in [-0.15, -0.1) is 0 Å². The molecular formula is C6H13FS. The Labute approximate surface area is 55.9 Å². The molecule has 0 saturated carbocycles. The van der Waals surface area contributed by atoms with Crippen LogP contribution in [0.4, 0.5) is 4.39 Å². The van der Waals surface area contributed by atoms with Gasteiger partial charge >= 0.3 is 0 Å². The van der Waals surface area contributed by atoms with Crippen LogP contribution in [0.25, 0.3) is 0 Å². The maximum Gasteiger partial charge on any atom is 0.0974 e. The molecule has 0 fully saturated rings. The van der Waals surface area contributed by atoms with Crippen LogP contribution in [-0.2, 0) is 0 Å². The maximum atomic E-state index is 12.0. The molecule has 0 radical (unpaired) electrons. The Morgan fingerprint density at radius 3 is 2.00 bits per heavy atom. The van der Waals surface area contributed by atoms with Gasteiger partial charge in [0.05, 0.1) is 6.17 Å². The number of thiol groups is 1. The molecule has 0 nitrogen and oxygen atoms in total. The molecule has 0 aromatic heterocycles. The summed E-state index contributed by atoms with van der Waals surface area (Å²) in [5, 5.41) is 0.341.